The summed E-state index contributed by atoms with van der Waals surface area (Å²) in [7, 11) is 0. The molecule has 0 saturated carbocycles. The minimum atomic E-state index is -0.792. The van der Waals surface area contributed by atoms with E-state index in [2.05, 4.69) is 0 Å². The summed E-state index contributed by atoms with van der Waals surface area (Å²) in [6, 6.07) is 9.97. The largest absolute Gasteiger partial charge is 0.481 e. The molecule has 0 spiro atoms. The molecule has 4 nitrogen and oxygen atoms in total. The van der Waals surface area contributed by atoms with E-state index < -0.39 is 5.97 Å². The molecule has 2 rings (SSSR count). The molecule has 1 aliphatic rings. The van der Waals surface area contributed by atoms with Crippen LogP contribution in [-0.4, -0.2) is 30.1 Å². The van der Waals surface area contributed by atoms with Gasteiger partial charge in [-0.3, -0.25) is 4.79 Å². The zero-order valence-electron chi connectivity index (χ0n) is 9.54. The number of carbonyl (C=O) groups is 1. The Bertz CT molecular complexity index is 363. The van der Waals surface area contributed by atoms with Crippen molar-refractivity contribution in [1.82, 2.24) is 0 Å². The Morgan fingerprint density at radius 2 is 2.12 bits per heavy atom. The fourth-order valence-corrected chi connectivity index (χ4v) is 1.86. The lowest BCUT2D eigenvalue weighted by atomic mass is 10.1. The van der Waals surface area contributed by atoms with Gasteiger partial charge < -0.3 is 14.6 Å². The van der Waals surface area contributed by atoms with E-state index >= 15 is 0 Å². The Morgan fingerprint density at radius 1 is 1.35 bits per heavy atom. The molecule has 92 valence electrons. The van der Waals surface area contributed by atoms with E-state index in [-0.39, 0.29) is 18.8 Å². The maximum Gasteiger partial charge on any atom is 0.303 e. The summed E-state index contributed by atoms with van der Waals surface area (Å²) < 4.78 is 11.1. The maximum absolute atomic E-state index is 10.4. The number of hydrogen-bond donors (Lipinski definition) is 1. The molecule has 0 aliphatic carbocycles. The molecule has 1 aliphatic heterocycles. The minimum Gasteiger partial charge on any atom is -0.481 e. The Morgan fingerprint density at radius 3 is 2.82 bits per heavy atom. The van der Waals surface area contributed by atoms with Gasteiger partial charge in [0, 0.05) is 12.8 Å². The van der Waals surface area contributed by atoms with Gasteiger partial charge in [0.05, 0.1) is 12.7 Å². The minimum absolute atomic E-state index is 0.0835. The van der Waals surface area contributed by atoms with E-state index in [1.165, 1.54) is 0 Å². The lowest BCUT2D eigenvalue weighted by molar-refractivity contribution is -0.137. The normalized spacial score (nSPS) is 23.8. The average molecular weight is 236 g/mol. The molecule has 1 saturated heterocycles. The quantitative estimate of drug-likeness (QED) is 0.847. The molecule has 4 heteroatoms. The van der Waals surface area contributed by atoms with Gasteiger partial charge in [0.1, 0.15) is 0 Å². The second kappa shape index (κ2) is 5.80. The average Bonchev–Trinajstić information content (AvgIpc) is 2.75. The van der Waals surface area contributed by atoms with Crippen LogP contribution in [0.4, 0.5) is 0 Å². The predicted octanol–water partition coefficient (Wildman–Crippen LogP) is 1.84. The van der Waals surface area contributed by atoms with Crippen LogP contribution in [0.3, 0.4) is 0 Å². The number of carboxylic acids is 1. The van der Waals surface area contributed by atoms with Crippen molar-refractivity contribution >= 4 is 5.97 Å². The number of rotatable bonds is 5. The third-order valence-corrected chi connectivity index (χ3v) is 2.74. The lowest BCUT2D eigenvalue weighted by Gasteiger charge is -2.10. The van der Waals surface area contributed by atoms with Crippen LogP contribution in [0.2, 0.25) is 0 Å². The highest BCUT2D eigenvalue weighted by Crippen LogP contribution is 2.19. The molecule has 1 fully saturated rings. The molecule has 0 bridgehead atoms. The van der Waals surface area contributed by atoms with Crippen molar-refractivity contribution in [2.24, 2.45) is 0 Å². The molecule has 1 aromatic rings. The second-order valence-electron chi connectivity index (χ2n) is 4.14. The molecule has 1 heterocycles. The first-order valence-corrected chi connectivity index (χ1v) is 5.77. The van der Waals surface area contributed by atoms with Crippen molar-refractivity contribution < 1.29 is 19.4 Å². The summed E-state index contributed by atoms with van der Waals surface area (Å²) >= 11 is 0. The molecule has 2 unspecified atom stereocenters. The van der Waals surface area contributed by atoms with Gasteiger partial charge in [-0.05, 0) is 12.0 Å². The Kier molecular flexibility index (Phi) is 4.12. The number of benzene rings is 1. The smallest absolute Gasteiger partial charge is 0.303 e. The number of aliphatic carboxylic acids is 1. The second-order valence-corrected chi connectivity index (χ2v) is 4.14. The SMILES string of the molecule is O=C(O)CCC1COC(Cc2ccccc2)O1. The van der Waals surface area contributed by atoms with E-state index in [0.29, 0.717) is 19.4 Å². The van der Waals surface area contributed by atoms with Gasteiger partial charge in [-0.25, -0.2) is 0 Å². The van der Waals surface area contributed by atoms with Crippen molar-refractivity contribution in [3.05, 3.63) is 35.9 Å². The monoisotopic (exact) mass is 236 g/mol. The van der Waals surface area contributed by atoms with E-state index in [0.717, 1.165) is 5.56 Å². The molecule has 0 radical (unpaired) electrons. The van der Waals surface area contributed by atoms with Gasteiger partial charge >= 0.3 is 5.97 Å². The fourth-order valence-electron chi connectivity index (χ4n) is 1.86. The van der Waals surface area contributed by atoms with Crippen LogP contribution in [0, 0.1) is 0 Å². The molecule has 1 aromatic carbocycles. The highest BCUT2D eigenvalue weighted by molar-refractivity contribution is 5.66. The summed E-state index contributed by atoms with van der Waals surface area (Å²) in [5.74, 6) is -0.792. The summed E-state index contributed by atoms with van der Waals surface area (Å²) in [6.45, 7) is 0.491. The molecule has 1 N–H and O–H groups in total. The number of ether oxygens (including phenoxy) is 2. The van der Waals surface area contributed by atoms with Crippen LogP contribution in [0.1, 0.15) is 18.4 Å². The van der Waals surface area contributed by atoms with Crippen LogP contribution >= 0.6 is 0 Å². The van der Waals surface area contributed by atoms with Crippen LogP contribution in [0.15, 0.2) is 30.3 Å². The first kappa shape index (κ1) is 12.1. The molecule has 17 heavy (non-hydrogen) atoms. The van der Waals surface area contributed by atoms with Crippen LogP contribution in [0.25, 0.3) is 0 Å². The van der Waals surface area contributed by atoms with Gasteiger partial charge in [0.25, 0.3) is 0 Å². The zero-order chi connectivity index (χ0) is 12.1. The standard InChI is InChI=1S/C13H16O4/c14-12(15)7-6-11-9-16-13(17-11)8-10-4-2-1-3-5-10/h1-5,11,13H,6-9H2,(H,14,15). The summed E-state index contributed by atoms with van der Waals surface area (Å²) in [5, 5.41) is 8.58. The fraction of sp³-hybridized carbons (Fsp3) is 0.462. The van der Waals surface area contributed by atoms with E-state index in [4.69, 9.17) is 14.6 Å². The highest BCUT2D eigenvalue weighted by atomic mass is 16.7. The van der Waals surface area contributed by atoms with Crippen molar-refractivity contribution in [1.29, 1.82) is 0 Å². The van der Waals surface area contributed by atoms with Gasteiger partial charge in [0.15, 0.2) is 6.29 Å². The van der Waals surface area contributed by atoms with E-state index in [1.807, 2.05) is 30.3 Å². The Labute approximate surface area is 100 Å². The van der Waals surface area contributed by atoms with Gasteiger partial charge in [-0.2, -0.15) is 0 Å². The summed E-state index contributed by atoms with van der Waals surface area (Å²) in [6.07, 6.45) is 1.04. The maximum atomic E-state index is 10.4. The third-order valence-electron chi connectivity index (χ3n) is 2.74. The molecule has 2 atom stereocenters. The van der Waals surface area contributed by atoms with Crippen LogP contribution in [0.5, 0.6) is 0 Å². The number of hydrogen-bond acceptors (Lipinski definition) is 3. The highest BCUT2D eigenvalue weighted by Gasteiger charge is 2.26. The molecular weight excluding hydrogens is 220 g/mol. The summed E-state index contributed by atoms with van der Waals surface area (Å²) in [5.41, 5.74) is 1.16. The third kappa shape index (κ3) is 3.84. The van der Waals surface area contributed by atoms with Crippen molar-refractivity contribution in [3.8, 4) is 0 Å². The lowest BCUT2D eigenvalue weighted by Crippen LogP contribution is -2.15. The van der Waals surface area contributed by atoms with Crippen LogP contribution < -0.4 is 0 Å². The first-order valence-electron chi connectivity index (χ1n) is 5.77. The van der Waals surface area contributed by atoms with Crippen LogP contribution in [-0.2, 0) is 20.7 Å². The van der Waals surface area contributed by atoms with Crippen molar-refractivity contribution in [3.63, 3.8) is 0 Å². The molecular formula is C13H16O4. The summed E-state index contributed by atoms with van der Waals surface area (Å²) in [4.78, 5) is 10.4. The zero-order valence-corrected chi connectivity index (χ0v) is 9.54. The van der Waals surface area contributed by atoms with Gasteiger partial charge in [0.2, 0.25) is 0 Å². The molecule has 0 aromatic heterocycles. The Hall–Kier alpha value is -1.39. The van der Waals surface area contributed by atoms with E-state index in [9.17, 15) is 4.79 Å². The van der Waals surface area contributed by atoms with E-state index in [1.54, 1.807) is 0 Å². The first-order chi connectivity index (χ1) is 8.24. The topological polar surface area (TPSA) is 55.8 Å². The van der Waals surface area contributed by atoms with Gasteiger partial charge in [-0.1, -0.05) is 30.3 Å². The van der Waals surface area contributed by atoms with Crippen molar-refractivity contribution in [2.45, 2.75) is 31.7 Å². The number of carboxylic acid groups (broad SMARTS) is 1. The van der Waals surface area contributed by atoms with Gasteiger partial charge in [-0.15, -0.1) is 0 Å². The van der Waals surface area contributed by atoms with Crippen molar-refractivity contribution in [2.75, 3.05) is 6.61 Å². The molecule has 0 amide bonds. The predicted molar refractivity (Wildman–Crippen MR) is 61.6 cm³/mol. The Balaban J connectivity index is 1.76.